The highest BCUT2D eigenvalue weighted by Crippen LogP contribution is 2.12. The van der Waals surface area contributed by atoms with Gasteiger partial charge in [-0.05, 0) is 17.7 Å². The SMILES string of the molecule is OCC(NCc1ccc[nH]1)c1ccccc1. The summed E-state index contributed by atoms with van der Waals surface area (Å²) in [6.07, 6.45) is 1.90. The van der Waals surface area contributed by atoms with Crippen molar-refractivity contribution in [1.82, 2.24) is 10.3 Å². The fourth-order valence-corrected chi connectivity index (χ4v) is 1.68. The molecule has 16 heavy (non-hydrogen) atoms. The molecule has 0 saturated heterocycles. The lowest BCUT2D eigenvalue weighted by Crippen LogP contribution is -2.24. The van der Waals surface area contributed by atoms with Crippen molar-refractivity contribution in [1.29, 1.82) is 0 Å². The normalized spacial score (nSPS) is 12.6. The average molecular weight is 216 g/mol. The van der Waals surface area contributed by atoms with E-state index in [1.165, 1.54) is 0 Å². The zero-order valence-electron chi connectivity index (χ0n) is 9.06. The van der Waals surface area contributed by atoms with Crippen LogP contribution >= 0.6 is 0 Å². The molecule has 0 amide bonds. The Labute approximate surface area is 95.1 Å². The summed E-state index contributed by atoms with van der Waals surface area (Å²) in [5, 5.41) is 12.6. The van der Waals surface area contributed by atoms with Gasteiger partial charge in [0.15, 0.2) is 0 Å². The van der Waals surface area contributed by atoms with Crippen molar-refractivity contribution in [3.05, 3.63) is 59.9 Å². The summed E-state index contributed by atoms with van der Waals surface area (Å²) in [6, 6.07) is 13.9. The molecule has 3 nitrogen and oxygen atoms in total. The first-order chi connectivity index (χ1) is 7.90. The molecule has 1 atom stereocenters. The molecule has 2 aromatic rings. The Bertz CT molecular complexity index is 397. The number of aliphatic hydroxyl groups is 1. The van der Waals surface area contributed by atoms with Gasteiger partial charge in [-0.2, -0.15) is 0 Å². The van der Waals surface area contributed by atoms with Crippen LogP contribution in [0, 0.1) is 0 Å². The quantitative estimate of drug-likeness (QED) is 0.714. The summed E-state index contributed by atoms with van der Waals surface area (Å²) in [4.78, 5) is 3.12. The van der Waals surface area contributed by atoms with Gasteiger partial charge in [-0.1, -0.05) is 30.3 Å². The van der Waals surface area contributed by atoms with Crippen molar-refractivity contribution in [3.63, 3.8) is 0 Å². The summed E-state index contributed by atoms with van der Waals surface area (Å²) >= 11 is 0. The molecule has 3 heteroatoms. The maximum Gasteiger partial charge on any atom is 0.0626 e. The molecule has 1 unspecified atom stereocenters. The first-order valence-electron chi connectivity index (χ1n) is 5.41. The predicted molar refractivity (Wildman–Crippen MR) is 63.9 cm³/mol. The molecular weight excluding hydrogens is 200 g/mol. The molecule has 3 N–H and O–H groups in total. The van der Waals surface area contributed by atoms with Crippen molar-refractivity contribution in [2.24, 2.45) is 0 Å². The van der Waals surface area contributed by atoms with E-state index in [-0.39, 0.29) is 12.6 Å². The summed E-state index contributed by atoms with van der Waals surface area (Å²) < 4.78 is 0. The van der Waals surface area contributed by atoms with Crippen LogP contribution in [0.2, 0.25) is 0 Å². The second-order valence-corrected chi connectivity index (χ2v) is 3.72. The van der Waals surface area contributed by atoms with E-state index >= 15 is 0 Å². The molecule has 0 aliphatic rings. The van der Waals surface area contributed by atoms with Crippen LogP contribution in [0.1, 0.15) is 17.3 Å². The molecule has 0 saturated carbocycles. The number of H-pyrrole nitrogens is 1. The van der Waals surface area contributed by atoms with Crippen LogP contribution in [-0.2, 0) is 6.54 Å². The van der Waals surface area contributed by atoms with E-state index < -0.39 is 0 Å². The van der Waals surface area contributed by atoms with Crippen molar-refractivity contribution < 1.29 is 5.11 Å². The molecule has 0 aliphatic heterocycles. The Morgan fingerprint density at radius 2 is 1.94 bits per heavy atom. The summed E-state index contributed by atoms with van der Waals surface area (Å²) in [5.41, 5.74) is 2.23. The maximum atomic E-state index is 9.34. The second kappa shape index (κ2) is 5.49. The standard InChI is InChI=1S/C13H16N2O/c16-10-13(11-5-2-1-3-6-11)15-9-12-7-4-8-14-12/h1-8,13-16H,9-10H2. The number of aromatic amines is 1. The first-order valence-corrected chi connectivity index (χ1v) is 5.41. The molecular formula is C13H16N2O. The van der Waals surface area contributed by atoms with Crippen molar-refractivity contribution in [3.8, 4) is 0 Å². The third-order valence-electron chi connectivity index (χ3n) is 2.59. The van der Waals surface area contributed by atoms with Crippen molar-refractivity contribution in [2.75, 3.05) is 6.61 Å². The second-order valence-electron chi connectivity index (χ2n) is 3.72. The minimum Gasteiger partial charge on any atom is -0.394 e. The fraction of sp³-hybridized carbons (Fsp3) is 0.231. The zero-order chi connectivity index (χ0) is 11.2. The zero-order valence-corrected chi connectivity index (χ0v) is 9.06. The van der Waals surface area contributed by atoms with Gasteiger partial charge >= 0.3 is 0 Å². The Morgan fingerprint density at radius 1 is 1.12 bits per heavy atom. The predicted octanol–water partition coefficient (Wildman–Crippen LogP) is 1.84. The maximum absolute atomic E-state index is 9.34. The highest BCUT2D eigenvalue weighted by atomic mass is 16.3. The summed E-state index contributed by atoms with van der Waals surface area (Å²) in [5.74, 6) is 0. The Balaban J connectivity index is 1.96. The highest BCUT2D eigenvalue weighted by Gasteiger charge is 2.08. The molecule has 84 valence electrons. The van der Waals surface area contributed by atoms with Gasteiger partial charge in [0.2, 0.25) is 0 Å². The minimum atomic E-state index is -0.00972. The van der Waals surface area contributed by atoms with Crippen LogP contribution in [0.25, 0.3) is 0 Å². The molecule has 0 fully saturated rings. The molecule has 0 radical (unpaired) electrons. The van der Waals surface area contributed by atoms with Crippen molar-refractivity contribution >= 4 is 0 Å². The third-order valence-corrected chi connectivity index (χ3v) is 2.59. The van der Waals surface area contributed by atoms with Crippen molar-refractivity contribution in [2.45, 2.75) is 12.6 Å². The lowest BCUT2D eigenvalue weighted by molar-refractivity contribution is 0.243. The van der Waals surface area contributed by atoms with Crippen LogP contribution in [0.3, 0.4) is 0 Å². The average Bonchev–Trinajstić information content (AvgIpc) is 2.84. The van der Waals surface area contributed by atoms with E-state index in [1.807, 2.05) is 48.7 Å². The number of hydrogen-bond donors (Lipinski definition) is 3. The van der Waals surface area contributed by atoms with Gasteiger partial charge in [0, 0.05) is 18.4 Å². The van der Waals surface area contributed by atoms with Crippen LogP contribution in [0.15, 0.2) is 48.7 Å². The molecule has 1 aromatic carbocycles. The van der Waals surface area contributed by atoms with Crippen LogP contribution < -0.4 is 5.32 Å². The fourth-order valence-electron chi connectivity index (χ4n) is 1.68. The Hall–Kier alpha value is -1.58. The highest BCUT2D eigenvalue weighted by molar-refractivity contribution is 5.19. The van der Waals surface area contributed by atoms with E-state index in [4.69, 9.17) is 0 Å². The van der Waals surface area contributed by atoms with E-state index in [1.54, 1.807) is 0 Å². The number of rotatable bonds is 5. The monoisotopic (exact) mass is 216 g/mol. The van der Waals surface area contributed by atoms with Gasteiger partial charge in [0.05, 0.1) is 12.6 Å². The van der Waals surface area contributed by atoms with Gasteiger partial charge in [-0.25, -0.2) is 0 Å². The number of benzene rings is 1. The Morgan fingerprint density at radius 3 is 2.56 bits per heavy atom. The van der Waals surface area contributed by atoms with Crippen LogP contribution in [0.4, 0.5) is 0 Å². The smallest absolute Gasteiger partial charge is 0.0626 e. The lowest BCUT2D eigenvalue weighted by atomic mass is 10.1. The van der Waals surface area contributed by atoms with Crippen LogP contribution in [-0.4, -0.2) is 16.7 Å². The van der Waals surface area contributed by atoms with E-state index in [9.17, 15) is 5.11 Å². The lowest BCUT2D eigenvalue weighted by Gasteiger charge is -2.16. The van der Waals surface area contributed by atoms with E-state index in [2.05, 4.69) is 10.3 Å². The number of aromatic nitrogens is 1. The number of aliphatic hydroxyl groups excluding tert-OH is 1. The molecule has 2 rings (SSSR count). The topological polar surface area (TPSA) is 48.0 Å². The van der Waals surface area contributed by atoms with Gasteiger partial charge in [0.25, 0.3) is 0 Å². The van der Waals surface area contributed by atoms with E-state index in [0.717, 1.165) is 17.8 Å². The van der Waals surface area contributed by atoms with Gasteiger partial charge in [-0.15, -0.1) is 0 Å². The van der Waals surface area contributed by atoms with Crippen LogP contribution in [0.5, 0.6) is 0 Å². The number of hydrogen-bond acceptors (Lipinski definition) is 2. The third kappa shape index (κ3) is 2.72. The summed E-state index contributed by atoms with van der Waals surface area (Å²) in [7, 11) is 0. The molecule has 0 aliphatic carbocycles. The molecule has 1 heterocycles. The first kappa shape index (κ1) is 10.9. The van der Waals surface area contributed by atoms with Gasteiger partial charge in [0.1, 0.15) is 0 Å². The van der Waals surface area contributed by atoms with E-state index in [0.29, 0.717) is 0 Å². The largest absolute Gasteiger partial charge is 0.394 e. The number of nitrogens with one attached hydrogen (secondary N) is 2. The molecule has 0 bridgehead atoms. The van der Waals surface area contributed by atoms with Gasteiger partial charge < -0.3 is 15.4 Å². The molecule has 0 spiro atoms. The molecule has 1 aromatic heterocycles. The minimum absolute atomic E-state index is 0.00972. The van der Waals surface area contributed by atoms with Gasteiger partial charge in [-0.3, -0.25) is 0 Å². The summed E-state index contributed by atoms with van der Waals surface area (Å²) in [6.45, 7) is 0.831. The Kier molecular flexibility index (Phi) is 3.75.